The highest BCUT2D eigenvalue weighted by atomic mass is 79.9. The van der Waals surface area contributed by atoms with Crippen molar-refractivity contribution in [1.29, 1.82) is 0 Å². The first-order valence-electron chi connectivity index (χ1n) is 11.7. The number of carbonyl (C=O) groups is 2. The standard InChI is InChI=1S/C24H29BrN4O5S/c1-2-34-24(31)22-16-28(35(32,33)21-5-3-19(25)4-6-21)17-23(30)29(22)15-18-9-13-27(14-10-18)20-7-11-26-12-8-20/h3-8,11-12,18,22H,2,9-10,13-17H2,1H3/t22-/m1/s1. The molecule has 2 aliphatic heterocycles. The van der Waals surface area contributed by atoms with Gasteiger partial charge in [0.15, 0.2) is 0 Å². The van der Waals surface area contributed by atoms with E-state index in [1.807, 2.05) is 12.1 Å². The number of halogens is 1. The molecule has 11 heteroatoms. The predicted molar refractivity (Wildman–Crippen MR) is 134 cm³/mol. The van der Waals surface area contributed by atoms with Crippen LogP contribution in [-0.2, 0) is 24.3 Å². The maximum absolute atomic E-state index is 13.2. The van der Waals surface area contributed by atoms with Crippen LogP contribution in [0.15, 0.2) is 58.2 Å². The number of piperidine rings is 1. The molecule has 4 rings (SSSR count). The number of piperazine rings is 1. The Morgan fingerprint density at radius 3 is 2.40 bits per heavy atom. The fourth-order valence-electron chi connectivity index (χ4n) is 4.59. The fraction of sp³-hybridized carbons (Fsp3) is 0.458. The third-order valence-electron chi connectivity index (χ3n) is 6.49. The van der Waals surface area contributed by atoms with E-state index in [0.717, 1.165) is 40.4 Å². The van der Waals surface area contributed by atoms with E-state index in [1.165, 1.54) is 17.0 Å². The number of rotatable bonds is 7. The average molecular weight is 565 g/mol. The molecule has 2 aliphatic rings. The first kappa shape index (κ1) is 25.6. The molecular formula is C24H29BrN4O5S. The van der Waals surface area contributed by atoms with Gasteiger partial charge in [-0.1, -0.05) is 15.9 Å². The van der Waals surface area contributed by atoms with Crippen LogP contribution in [0.2, 0.25) is 0 Å². The van der Waals surface area contributed by atoms with Crippen molar-refractivity contribution >= 4 is 43.5 Å². The molecule has 0 unspecified atom stereocenters. The van der Waals surface area contributed by atoms with Crippen LogP contribution in [0.4, 0.5) is 5.69 Å². The summed E-state index contributed by atoms with van der Waals surface area (Å²) in [5.41, 5.74) is 1.12. The number of pyridine rings is 1. The van der Waals surface area contributed by atoms with Crippen molar-refractivity contribution in [2.24, 2.45) is 5.92 Å². The number of anilines is 1. The first-order chi connectivity index (χ1) is 16.8. The number of amides is 1. The molecule has 2 aromatic rings. The van der Waals surface area contributed by atoms with Crippen LogP contribution >= 0.6 is 15.9 Å². The van der Waals surface area contributed by atoms with Crippen LogP contribution < -0.4 is 4.90 Å². The Balaban J connectivity index is 1.47. The van der Waals surface area contributed by atoms with E-state index in [9.17, 15) is 18.0 Å². The lowest BCUT2D eigenvalue weighted by atomic mass is 9.94. The summed E-state index contributed by atoms with van der Waals surface area (Å²) in [4.78, 5) is 34.0. The Morgan fingerprint density at radius 2 is 1.77 bits per heavy atom. The summed E-state index contributed by atoms with van der Waals surface area (Å²) in [7, 11) is -3.94. The highest BCUT2D eigenvalue weighted by Gasteiger charge is 2.43. The molecule has 35 heavy (non-hydrogen) atoms. The zero-order valence-electron chi connectivity index (χ0n) is 19.5. The molecule has 1 atom stereocenters. The molecular weight excluding hydrogens is 536 g/mol. The maximum atomic E-state index is 13.2. The van der Waals surface area contributed by atoms with Crippen molar-refractivity contribution in [3.8, 4) is 0 Å². The zero-order valence-corrected chi connectivity index (χ0v) is 21.9. The molecule has 9 nitrogen and oxygen atoms in total. The molecule has 0 spiro atoms. The molecule has 1 aromatic heterocycles. The van der Waals surface area contributed by atoms with Crippen LogP contribution in [0, 0.1) is 5.92 Å². The van der Waals surface area contributed by atoms with Crippen LogP contribution in [-0.4, -0.2) is 79.9 Å². The molecule has 1 aromatic carbocycles. The van der Waals surface area contributed by atoms with Gasteiger partial charge in [-0.2, -0.15) is 4.31 Å². The summed E-state index contributed by atoms with van der Waals surface area (Å²) in [6.07, 6.45) is 5.27. The molecule has 0 saturated carbocycles. The lowest BCUT2D eigenvalue weighted by Gasteiger charge is -2.42. The zero-order chi connectivity index (χ0) is 25.0. The minimum Gasteiger partial charge on any atom is -0.464 e. The Kier molecular flexibility index (Phi) is 8.08. The van der Waals surface area contributed by atoms with Gasteiger partial charge in [0.05, 0.1) is 18.0 Å². The van der Waals surface area contributed by atoms with Gasteiger partial charge in [-0.25, -0.2) is 13.2 Å². The minimum atomic E-state index is -3.94. The molecule has 0 N–H and O–H groups in total. The van der Waals surface area contributed by atoms with Crippen LogP contribution in [0.3, 0.4) is 0 Å². The molecule has 1 amide bonds. The Morgan fingerprint density at radius 1 is 1.11 bits per heavy atom. The quantitative estimate of drug-likeness (QED) is 0.476. The predicted octanol–water partition coefficient (Wildman–Crippen LogP) is 2.53. The highest BCUT2D eigenvalue weighted by molar-refractivity contribution is 9.10. The number of sulfonamides is 1. The Bertz CT molecular complexity index is 1140. The lowest BCUT2D eigenvalue weighted by Crippen LogP contribution is -2.61. The van der Waals surface area contributed by atoms with Gasteiger partial charge in [0, 0.05) is 48.7 Å². The van der Waals surface area contributed by atoms with E-state index in [4.69, 9.17) is 4.74 Å². The monoisotopic (exact) mass is 564 g/mol. The first-order valence-corrected chi connectivity index (χ1v) is 13.9. The van der Waals surface area contributed by atoms with Gasteiger partial charge < -0.3 is 14.5 Å². The number of aromatic nitrogens is 1. The topological polar surface area (TPSA) is 100 Å². The molecule has 3 heterocycles. The van der Waals surface area contributed by atoms with Crippen molar-refractivity contribution in [2.45, 2.75) is 30.7 Å². The fourth-order valence-corrected chi connectivity index (χ4v) is 6.25. The SMILES string of the molecule is CCOC(=O)[C@H]1CN(S(=O)(=O)c2ccc(Br)cc2)CC(=O)N1CC1CCN(c2ccncc2)CC1. The number of esters is 1. The molecule has 0 bridgehead atoms. The maximum Gasteiger partial charge on any atom is 0.330 e. The third kappa shape index (κ3) is 5.84. The van der Waals surface area contributed by atoms with Gasteiger partial charge in [0.2, 0.25) is 15.9 Å². The lowest BCUT2D eigenvalue weighted by molar-refractivity contribution is -0.158. The van der Waals surface area contributed by atoms with E-state index in [-0.39, 0.29) is 36.4 Å². The second kappa shape index (κ2) is 11.0. The smallest absolute Gasteiger partial charge is 0.330 e. The highest BCUT2D eigenvalue weighted by Crippen LogP contribution is 2.27. The number of nitrogens with zero attached hydrogens (tertiary/aromatic N) is 4. The van der Waals surface area contributed by atoms with Gasteiger partial charge in [0.25, 0.3) is 0 Å². The summed E-state index contributed by atoms with van der Waals surface area (Å²) < 4.78 is 33.5. The van der Waals surface area contributed by atoms with E-state index in [2.05, 4.69) is 25.8 Å². The second-order valence-corrected chi connectivity index (χ2v) is 11.6. The van der Waals surface area contributed by atoms with Crippen molar-refractivity contribution in [3.63, 3.8) is 0 Å². The summed E-state index contributed by atoms with van der Waals surface area (Å²) in [5.74, 6) is -0.749. The van der Waals surface area contributed by atoms with E-state index >= 15 is 0 Å². The molecule has 0 radical (unpaired) electrons. The molecule has 2 saturated heterocycles. The van der Waals surface area contributed by atoms with Gasteiger partial charge in [-0.3, -0.25) is 9.78 Å². The summed E-state index contributed by atoms with van der Waals surface area (Å²) in [5, 5.41) is 0. The minimum absolute atomic E-state index is 0.0769. The van der Waals surface area contributed by atoms with Gasteiger partial charge >= 0.3 is 5.97 Å². The van der Waals surface area contributed by atoms with Crippen molar-refractivity contribution in [2.75, 3.05) is 44.2 Å². The van der Waals surface area contributed by atoms with Gasteiger partial charge in [0.1, 0.15) is 6.04 Å². The van der Waals surface area contributed by atoms with Crippen LogP contribution in [0.25, 0.3) is 0 Å². The van der Waals surface area contributed by atoms with E-state index < -0.39 is 22.0 Å². The van der Waals surface area contributed by atoms with Crippen LogP contribution in [0.1, 0.15) is 19.8 Å². The van der Waals surface area contributed by atoms with Crippen LogP contribution in [0.5, 0.6) is 0 Å². The number of hydrogen-bond donors (Lipinski definition) is 0. The third-order valence-corrected chi connectivity index (χ3v) is 8.85. The van der Waals surface area contributed by atoms with Crippen molar-refractivity contribution in [3.05, 3.63) is 53.3 Å². The number of ether oxygens (including phenoxy) is 1. The Hall–Kier alpha value is -2.50. The largest absolute Gasteiger partial charge is 0.464 e. The van der Waals surface area contributed by atoms with Crippen molar-refractivity contribution < 1.29 is 22.7 Å². The summed E-state index contributed by atoms with van der Waals surface area (Å²) in [6.45, 7) is 3.50. The molecule has 2 fully saturated rings. The normalized spacial score (nSPS) is 20.2. The van der Waals surface area contributed by atoms with E-state index in [1.54, 1.807) is 31.5 Å². The number of carbonyl (C=O) groups excluding carboxylic acids is 2. The molecule has 188 valence electrons. The second-order valence-electron chi connectivity index (χ2n) is 8.70. The van der Waals surface area contributed by atoms with E-state index in [0.29, 0.717) is 6.54 Å². The Labute approximate surface area is 214 Å². The average Bonchev–Trinajstić information content (AvgIpc) is 2.86. The molecule has 0 aliphatic carbocycles. The number of hydrogen-bond acceptors (Lipinski definition) is 7. The number of benzene rings is 1. The van der Waals surface area contributed by atoms with Gasteiger partial charge in [-0.05, 0) is 62.1 Å². The summed E-state index contributed by atoms with van der Waals surface area (Å²) in [6, 6.07) is 9.20. The summed E-state index contributed by atoms with van der Waals surface area (Å²) >= 11 is 3.30. The van der Waals surface area contributed by atoms with Crippen molar-refractivity contribution in [1.82, 2.24) is 14.2 Å². The van der Waals surface area contributed by atoms with Gasteiger partial charge in [-0.15, -0.1) is 0 Å².